The Hall–Kier alpha value is -2.13. The van der Waals surface area contributed by atoms with Gasteiger partial charge in [-0.2, -0.15) is 5.26 Å². The fraction of sp³-hybridized carbons (Fsp3) is 0.429. The summed E-state index contributed by atoms with van der Waals surface area (Å²) in [5, 5.41) is 9.17. The Morgan fingerprint density at radius 1 is 1.45 bits per heavy atom. The highest BCUT2D eigenvalue weighted by Gasteiger charge is 2.35. The number of imidazole rings is 1. The molecule has 1 saturated heterocycles. The van der Waals surface area contributed by atoms with Crippen molar-refractivity contribution in [1.29, 1.82) is 5.26 Å². The van der Waals surface area contributed by atoms with Crippen LogP contribution in [-0.4, -0.2) is 42.0 Å². The number of aromatic nitrogens is 2. The van der Waals surface area contributed by atoms with Gasteiger partial charge in [-0.1, -0.05) is 6.07 Å². The molecule has 0 aliphatic carbocycles. The van der Waals surface area contributed by atoms with Crippen LogP contribution in [0.2, 0.25) is 0 Å². The van der Waals surface area contributed by atoms with E-state index in [9.17, 15) is 9.65 Å². The standard InChI is InChI=1S/C14H15FN4O/c1-18-13-9(6-16)4-3-5-11(13)17-14(18)19-7-10(15)12(8-19)20-2/h3-5,10,12H,7-8H2,1-2H3/t10-,12-/m1/s1. The number of nitriles is 1. The van der Waals surface area contributed by atoms with Crippen LogP contribution in [0.15, 0.2) is 18.2 Å². The van der Waals surface area contributed by atoms with Gasteiger partial charge in [-0.05, 0) is 12.1 Å². The van der Waals surface area contributed by atoms with Crippen LogP contribution in [0.5, 0.6) is 0 Å². The Balaban J connectivity index is 2.06. The Kier molecular flexibility index (Phi) is 3.07. The van der Waals surface area contributed by atoms with Gasteiger partial charge in [-0.15, -0.1) is 0 Å². The highest BCUT2D eigenvalue weighted by molar-refractivity contribution is 5.84. The molecule has 0 saturated carbocycles. The lowest BCUT2D eigenvalue weighted by Gasteiger charge is -2.16. The molecule has 1 aliphatic rings. The molecule has 0 spiro atoms. The number of ether oxygens (including phenoxy) is 1. The van der Waals surface area contributed by atoms with E-state index >= 15 is 0 Å². The molecular formula is C14H15FN4O. The zero-order valence-corrected chi connectivity index (χ0v) is 11.4. The molecule has 5 nitrogen and oxygen atoms in total. The summed E-state index contributed by atoms with van der Waals surface area (Å²) in [5.74, 6) is 0.671. The van der Waals surface area contributed by atoms with Gasteiger partial charge in [0.2, 0.25) is 5.95 Å². The predicted molar refractivity (Wildman–Crippen MR) is 73.3 cm³/mol. The second-order valence-corrected chi connectivity index (χ2v) is 4.95. The van der Waals surface area contributed by atoms with Crippen LogP contribution in [0, 0.1) is 11.3 Å². The van der Waals surface area contributed by atoms with Crippen molar-refractivity contribution >= 4 is 17.0 Å². The molecule has 104 valence electrons. The first-order valence-electron chi connectivity index (χ1n) is 6.43. The Morgan fingerprint density at radius 2 is 2.25 bits per heavy atom. The third-order valence-electron chi connectivity index (χ3n) is 3.78. The number of hydrogen-bond acceptors (Lipinski definition) is 4. The molecule has 20 heavy (non-hydrogen) atoms. The summed E-state index contributed by atoms with van der Waals surface area (Å²) in [6.45, 7) is 0.730. The van der Waals surface area contributed by atoms with Crippen LogP contribution in [-0.2, 0) is 11.8 Å². The maximum atomic E-state index is 13.8. The number of rotatable bonds is 2. The Morgan fingerprint density at radius 3 is 2.90 bits per heavy atom. The van der Waals surface area contributed by atoms with Crippen molar-refractivity contribution in [2.75, 3.05) is 25.1 Å². The lowest BCUT2D eigenvalue weighted by atomic mass is 10.2. The molecule has 2 heterocycles. The van der Waals surface area contributed by atoms with Crippen molar-refractivity contribution in [3.8, 4) is 6.07 Å². The average molecular weight is 274 g/mol. The minimum Gasteiger partial charge on any atom is -0.377 e. The van der Waals surface area contributed by atoms with E-state index in [4.69, 9.17) is 4.74 Å². The molecule has 1 aliphatic heterocycles. The number of hydrogen-bond donors (Lipinski definition) is 0. The van der Waals surface area contributed by atoms with Crippen LogP contribution in [0.1, 0.15) is 5.56 Å². The highest BCUT2D eigenvalue weighted by atomic mass is 19.1. The smallest absolute Gasteiger partial charge is 0.206 e. The van der Waals surface area contributed by atoms with E-state index in [2.05, 4.69) is 11.1 Å². The number of methoxy groups -OCH3 is 1. The summed E-state index contributed by atoms with van der Waals surface area (Å²) in [4.78, 5) is 6.38. The number of benzene rings is 1. The SMILES string of the molecule is CO[C@@H]1CN(c2nc3cccc(C#N)c3n2C)C[C@H]1F. The minimum atomic E-state index is -1.02. The average Bonchev–Trinajstić information content (AvgIpc) is 2.99. The number of nitrogens with zero attached hydrogens (tertiary/aromatic N) is 4. The first kappa shape index (κ1) is 12.9. The number of aryl methyl sites for hydroxylation is 1. The first-order valence-corrected chi connectivity index (χ1v) is 6.43. The van der Waals surface area contributed by atoms with E-state index in [0.717, 1.165) is 11.0 Å². The fourth-order valence-corrected chi connectivity index (χ4v) is 2.75. The fourth-order valence-electron chi connectivity index (χ4n) is 2.75. The lowest BCUT2D eigenvalue weighted by molar-refractivity contribution is 0.0650. The summed E-state index contributed by atoms with van der Waals surface area (Å²) in [5.41, 5.74) is 2.10. The zero-order chi connectivity index (χ0) is 14.3. The summed E-state index contributed by atoms with van der Waals surface area (Å²) >= 11 is 0. The lowest BCUT2D eigenvalue weighted by Crippen LogP contribution is -2.24. The zero-order valence-electron chi connectivity index (χ0n) is 11.4. The third kappa shape index (κ3) is 1.82. The predicted octanol–water partition coefficient (Wildman–Crippen LogP) is 1.62. The molecule has 2 aromatic rings. The van der Waals surface area contributed by atoms with E-state index < -0.39 is 12.3 Å². The molecule has 0 N–H and O–H groups in total. The van der Waals surface area contributed by atoms with E-state index in [1.54, 1.807) is 12.1 Å². The third-order valence-corrected chi connectivity index (χ3v) is 3.78. The molecule has 0 unspecified atom stereocenters. The largest absolute Gasteiger partial charge is 0.377 e. The highest BCUT2D eigenvalue weighted by Crippen LogP contribution is 2.27. The van der Waals surface area contributed by atoms with E-state index in [0.29, 0.717) is 18.1 Å². The van der Waals surface area contributed by atoms with Gasteiger partial charge in [0.25, 0.3) is 0 Å². The number of fused-ring (bicyclic) bond motifs is 1. The van der Waals surface area contributed by atoms with Crippen molar-refractivity contribution in [2.45, 2.75) is 12.3 Å². The number of alkyl halides is 1. The van der Waals surface area contributed by atoms with Crippen LogP contribution in [0.25, 0.3) is 11.0 Å². The maximum Gasteiger partial charge on any atom is 0.206 e. The van der Waals surface area contributed by atoms with Crippen molar-refractivity contribution in [1.82, 2.24) is 9.55 Å². The van der Waals surface area contributed by atoms with Crippen molar-refractivity contribution in [3.05, 3.63) is 23.8 Å². The van der Waals surface area contributed by atoms with Crippen molar-refractivity contribution in [2.24, 2.45) is 7.05 Å². The first-order chi connectivity index (χ1) is 9.65. The number of anilines is 1. The second-order valence-electron chi connectivity index (χ2n) is 4.95. The molecule has 3 rings (SSSR count). The molecule has 0 bridgehead atoms. The van der Waals surface area contributed by atoms with Crippen LogP contribution in [0.4, 0.5) is 10.3 Å². The molecule has 1 aromatic heterocycles. The topological polar surface area (TPSA) is 54.1 Å². The van der Waals surface area contributed by atoms with Gasteiger partial charge in [-0.25, -0.2) is 9.37 Å². The van der Waals surface area contributed by atoms with Gasteiger partial charge in [0.1, 0.15) is 18.3 Å². The quantitative estimate of drug-likeness (QED) is 0.835. The molecular weight excluding hydrogens is 259 g/mol. The number of halogens is 1. The summed E-state index contributed by atoms with van der Waals surface area (Å²) in [6, 6.07) is 7.58. The summed E-state index contributed by atoms with van der Waals surface area (Å²) in [6.07, 6.45) is -1.44. The molecule has 1 fully saturated rings. The molecule has 0 radical (unpaired) electrons. The van der Waals surface area contributed by atoms with E-state index in [1.165, 1.54) is 7.11 Å². The molecule has 0 amide bonds. The van der Waals surface area contributed by atoms with Crippen LogP contribution < -0.4 is 4.90 Å². The molecule has 1 aromatic carbocycles. The molecule has 2 atom stereocenters. The van der Waals surface area contributed by atoms with E-state index in [-0.39, 0.29) is 6.54 Å². The van der Waals surface area contributed by atoms with Gasteiger partial charge in [-0.3, -0.25) is 0 Å². The van der Waals surface area contributed by atoms with Gasteiger partial charge >= 0.3 is 0 Å². The van der Waals surface area contributed by atoms with Crippen LogP contribution in [0.3, 0.4) is 0 Å². The Labute approximate surface area is 116 Å². The monoisotopic (exact) mass is 274 g/mol. The van der Waals surface area contributed by atoms with Crippen molar-refractivity contribution in [3.63, 3.8) is 0 Å². The minimum absolute atomic E-state index is 0.261. The molecule has 6 heteroatoms. The van der Waals surface area contributed by atoms with Gasteiger partial charge < -0.3 is 14.2 Å². The van der Waals surface area contributed by atoms with E-state index in [1.807, 2.05) is 22.6 Å². The van der Waals surface area contributed by atoms with Gasteiger partial charge in [0.05, 0.1) is 29.7 Å². The maximum absolute atomic E-state index is 13.8. The number of para-hydroxylation sites is 1. The Bertz CT molecular complexity index is 690. The normalized spacial score (nSPS) is 22.4. The van der Waals surface area contributed by atoms with Gasteiger partial charge in [0, 0.05) is 14.2 Å². The van der Waals surface area contributed by atoms with Crippen LogP contribution >= 0.6 is 0 Å². The van der Waals surface area contributed by atoms with Crippen molar-refractivity contribution < 1.29 is 9.13 Å². The summed E-state index contributed by atoms with van der Waals surface area (Å²) < 4.78 is 20.8. The second kappa shape index (κ2) is 4.76. The van der Waals surface area contributed by atoms with Gasteiger partial charge in [0.15, 0.2) is 0 Å². The summed E-state index contributed by atoms with van der Waals surface area (Å²) in [7, 11) is 3.36.